The summed E-state index contributed by atoms with van der Waals surface area (Å²) in [6.07, 6.45) is 3.54. The largest absolute Gasteiger partial charge is 0.395 e. The Morgan fingerprint density at radius 3 is 2.33 bits per heavy atom. The van der Waals surface area contributed by atoms with Crippen molar-refractivity contribution in [1.82, 2.24) is 5.32 Å². The molecule has 0 aliphatic rings. The van der Waals surface area contributed by atoms with Crippen LogP contribution in [-0.2, 0) is 0 Å². The topological polar surface area (TPSA) is 32.3 Å². The van der Waals surface area contributed by atoms with Crippen LogP contribution < -0.4 is 5.32 Å². The summed E-state index contributed by atoms with van der Waals surface area (Å²) in [6.45, 7) is 6.71. The van der Waals surface area contributed by atoms with Crippen LogP contribution in [0.15, 0.2) is 30.3 Å². The van der Waals surface area contributed by atoms with Gasteiger partial charge in [0.1, 0.15) is 0 Å². The van der Waals surface area contributed by atoms with Gasteiger partial charge in [0.25, 0.3) is 0 Å². The molecule has 1 aromatic carbocycles. The monoisotopic (exact) mass is 249 g/mol. The summed E-state index contributed by atoms with van der Waals surface area (Å²) in [5, 5.41) is 13.1. The van der Waals surface area contributed by atoms with Gasteiger partial charge in [-0.2, -0.15) is 0 Å². The molecule has 0 spiro atoms. The smallest absolute Gasteiger partial charge is 0.0587 e. The Labute approximate surface area is 111 Å². The lowest BCUT2D eigenvalue weighted by molar-refractivity contribution is 0.196. The molecular formula is C16H27NO. The standard InChI is InChI=1S/C16H27NO/c1-4-5-11-15(14-9-7-6-8-10-14)17-16(12-18)13(2)3/h6-10,13,15-18H,4-5,11-12H2,1-3H3/t15?,16-/m1/s1. The van der Waals surface area contributed by atoms with Crippen LogP contribution in [0.2, 0.25) is 0 Å². The Kier molecular flexibility index (Phi) is 6.99. The van der Waals surface area contributed by atoms with Crippen LogP contribution in [0.4, 0.5) is 0 Å². The number of benzene rings is 1. The number of hydrogen-bond donors (Lipinski definition) is 2. The van der Waals surface area contributed by atoms with Crippen molar-refractivity contribution in [2.75, 3.05) is 6.61 Å². The van der Waals surface area contributed by atoms with E-state index >= 15 is 0 Å². The molecule has 0 radical (unpaired) electrons. The van der Waals surface area contributed by atoms with Crippen LogP contribution in [0.5, 0.6) is 0 Å². The molecular weight excluding hydrogens is 222 g/mol. The van der Waals surface area contributed by atoms with E-state index in [-0.39, 0.29) is 12.6 Å². The summed E-state index contributed by atoms with van der Waals surface area (Å²) < 4.78 is 0. The van der Waals surface area contributed by atoms with E-state index in [0.29, 0.717) is 12.0 Å². The molecule has 18 heavy (non-hydrogen) atoms. The first kappa shape index (κ1) is 15.2. The van der Waals surface area contributed by atoms with Crippen molar-refractivity contribution in [1.29, 1.82) is 0 Å². The molecule has 0 fully saturated rings. The summed E-state index contributed by atoms with van der Waals surface area (Å²) >= 11 is 0. The molecule has 0 heterocycles. The minimum absolute atomic E-state index is 0.173. The van der Waals surface area contributed by atoms with Gasteiger partial charge in [-0.05, 0) is 17.9 Å². The number of rotatable bonds is 8. The van der Waals surface area contributed by atoms with E-state index in [9.17, 15) is 5.11 Å². The van der Waals surface area contributed by atoms with Gasteiger partial charge in [-0.1, -0.05) is 63.9 Å². The van der Waals surface area contributed by atoms with E-state index in [2.05, 4.69) is 50.4 Å². The fraction of sp³-hybridized carbons (Fsp3) is 0.625. The molecule has 0 saturated carbocycles. The summed E-state index contributed by atoms with van der Waals surface area (Å²) in [6, 6.07) is 11.1. The fourth-order valence-electron chi connectivity index (χ4n) is 2.15. The van der Waals surface area contributed by atoms with Crippen LogP contribution >= 0.6 is 0 Å². The van der Waals surface area contributed by atoms with E-state index in [1.165, 1.54) is 18.4 Å². The lowest BCUT2D eigenvalue weighted by Crippen LogP contribution is -2.39. The van der Waals surface area contributed by atoms with Crippen LogP contribution in [0.25, 0.3) is 0 Å². The van der Waals surface area contributed by atoms with Gasteiger partial charge < -0.3 is 10.4 Å². The average molecular weight is 249 g/mol. The van der Waals surface area contributed by atoms with Gasteiger partial charge in [-0.25, -0.2) is 0 Å². The van der Waals surface area contributed by atoms with Gasteiger partial charge in [-0.15, -0.1) is 0 Å². The van der Waals surface area contributed by atoms with Crippen LogP contribution in [-0.4, -0.2) is 17.8 Å². The summed E-state index contributed by atoms with van der Waals surface area (Å²) in [4.78, 5) is 0. The average Bonchev–Trinajstić information content (AvgIpc) is 2.39. The first-order chi connectivity index (χ1) is 8.69. The summed E-state index contributed by atoms with van der Waals surface area (Å²) in [5.41, 5.74) is 1.32. The van der Waals surface area contributed by atoms with Crippen molar-refractivity contribution in [3.63, 3.8) is 0 Å². The minimum atomic E-state index is 0.173. The van der Waals surface area contributed by atoms with Crippen LogP contribution in [0, 0.1) is 5.92 Å². The van der Waals surface area contributed by atoms with Crippen molar-refractivity contribution in [3.8, 4) is 0 Å². The second kappa shape index (κ2) is 8.28. The first-order valence-corrected chi connectivity index (χ1v) is 7.10. The van der Waals surface area contributed by atoms with Crippen LogP contribution in [0.3, 0.4) is 0 Å². The van der Waals surface area contributed by atoms with Crippen molar-refractivity contribution < 1.29 is 5.11 Å². The highest BCUT2D eigenvalue weighted by Crippen LogP contribution is 2.21. The third kappa shape index (κ3) is 4.79. The van der Waals surface area contributed by atoms with E-state index in [4.69, 9.17) is 0 Å². The van der Waals surface area contributed by atoms with Gasteiger partial charge in [0.15, 0.2) is 0 Å². The van der Waals surface area contributed by atoms with Crippen molar-refractivity contribution in [2.45, 2.75) is 52.1 Å². The normalized spacial score (nSPS) is 14.7. The third-order valence-electron chi connectivity index (χ3n) is 3.46. The molecule has 1 rings (SSSR count). The highest BCUT2D eigenvalue weighted by atomic mass is 16.3. The molecule has 0 aromatic heterocycles. The first-order valence-electron chi connectivity index (χ1n) is 7.10. The summed E-state index contributed by atoms with van der Waals surface area (Å²) in [5.74, 6) is 0.447. The molecule has 0 aliphatic carbocycles. The van der Waals surface area contributed by atoms with Crippen molar-refractivity contribution in [2.24, 2.45) is 5.92 Å². The second-order valence-corrected chi connectivity index (χ2v) is 5.31. The third-order valence-corrected chi connectivity index (χ3v) is 3.46. The Morgan fingerprint density at radius 2 is 1.83 bits per heavy atom. The van der Waals surface area contributed by atoms with Crippen LogP contribution in [0.1, 0.15) is 51.6 Å². The SMILES string of the molecule is CCCCC(N[C@H](CO)C(C)C)c1ccccc1. The Hall–Kier alpha value is -0.860. The molecule has 0 aliphatic heterocycles. The number of hydrogen-bond acceptors (Lipinski definition) is 2. The molecule has 0 amide bonds. The zero-order valence-electron chi connectivity index (χ0n) is 11.9. The summed E-state index contributed by atoms with van der Waals surface area (Å²) in [7, 11) is 0. The molecule has 2 atom stereocenters. The van der Waals surface area contributed by atoms with E-state index in [1.807, 2.05) is 6.07 Å². The maximum Gasteiger partial charge on any atom is 0.0587 e. The molecule has 2 heteroatoms. The van der Waals surface area contributed by atoms with Gasteiger partial charge in [-0.3, -0.25) is 0 Å². The highest BCUT2D eigenvalue weighted by molar-refractivity contribution is 5.19. The van der Waals surface area contributed by atoms with E-state index in [0.717, 1.165) is 6.42 Å². The quantitative estimate of drug-likeness (QED) is 0.739. The number of nitrogens with one attached hydrogen (secondary N) is 1. The fourth-order valence-corrected chi connectivity index (χ4v) is 2.15. The molecule has 2 N–H and O–H groups in total. The molecule has 0 saturated heterocycles. The molecule has 1 unspecified atom stereocenters. The Balaban J connectivity index is 2.72. The molecule has 2 nitrogen and oxygen atoms in total. The number of unbranched alkanes of at least 4 members (excludes halogenated alkanes) is 1. The van der Waals surface area contributed by atoms with Gasteiger partial charge in [0.05, 0.1) is 6.61 Å². The minimum Gasteiger partial charge on any atom is -0.395 e. The van der Waals surface area contributed by atoms with Gasteiger partial charge >= 0.3 is 0 Å². The molecule has 0 bridgehead atoms. The predicted molar refractivity (Wildman–Crippen MR) is 77.6 cm³/mol. The second-order valence-electron chi connectivity index (χ2n) is 5.31. The maximum absolute atomic E-state index is 9.46. The number of aliphatic hydroxyl groups is 1. The zero-order valence-corrected chi connectivity index (χ0v) is 11.9. The highest BCUT2D eigenvalue weighted by Gasteiger charge is 2.18. The molecule has 1 aromatic rings. The maximum atomic E-state index is 9.46. The lowest BCUT2D eigenvalue weighted by Gasteiger charge is -2.27. The van der Waals surface area contributed by atoms with Gasteiger partial charge in [0.2, 0.25) is 0 Å². The Bertz CT molecular complexity index is 310. The zero-order chi connectivity index (χ0) is 13.4. The van der Waals surface area contributed by atoms with E-state index < -0.39 is 0 Å². The number of aliphatic hydroxyl groups excluding tert-OH is 1. The van der Waals surface area contributed by atoms with Crippen molar-refractivity contribution in [3.05, 3.63) is 35.9 Å². The molecule has 102 valence electrons. The van der Waals surface area contributed by atoms with Gasteiger partial charge in [0, 0.05) is 12.1 Å². The van der Waals surface area contributed by atoms with E-state index in [1.54, 1.807) is 0 Å². The predicted octanol–water partition coefficient (Wildman–Crippen LogP) is 3.52. The van der Waals surface area contributed by atoms with Crippen molar-refractivity contribution >= 4 is 0 Å². The Morgan fingerprint density at radius 1 is 1.17 bits per heavy atom. The lowest BCUT2D eigenvalue weighted by atomic mass is 9.97.